The first-order valence-electron chi connectivity index (χ1n) is 7.33. The molecule has 4 nitrogen and oxygen atoms in total. The Bertz CT molecular complexity index is 416. The maximum atomic E-state index is 5.65. The van der Waals surface area contributed by atoms with Gasteiger partial charge in [0.25, 0.3) is 0 Å². The van der Waals surface area contributed by atoms with E-state index in [1.54, 1.807) is 14.2 Å². The number of para-hydroxylation sites is 1. The van der Waals surface area contributed by atoms with E-state index in [0.717, 1.165) is 43.2 Å². The Labute approximate surface area is 121 Å². The van der Waals surface area contributed by atoms with E-state index >= 15 is 0 Å². The molecule has 0 aromatic heterocycles. The van der Waals surface area contributed by atoms with E-state index in [0.29, 0.717) is 5.92 Å². The van der Waals surface area contributed by atoms with Crippen molar-refractivity contribution in [3.63, 3.8) is 0 Å². The van der Waals surface area contributed by atoms with E-state index in [4.69, 9.17) is 14.2 Å². The van der Waals surface area contributed by atoms with E-state index < -0.39 is 0 Å². The van der Waals surface area contributed by atoms with Gasteiger partial charge in [-0.1, -0.05) is 19.1 Å². The van der Waals surface area contributed by atoms with Crippen molar-refractivity contribution < 1.29 is 14.2 Å². The minimum atomic E-state index is 0.241. The van der Waals surface area contributed by atoms with Gasteiger partial charge in [0.2, 0.25) is 0 Å². The summed E-state index contributed by atoms with van der Waals surface area (Å²) in [5.74, 6) is 2.08. The van der Waals surface area contributed by atoms with Crippen molar-refractivity contribution in [1.82, 2.24) is 5.32 Å². The highest BCUT2D eigenvalue weighted by molar-refractivity contribution is 5.48. The minimum absolute atomic E-state index is 0.241. The summed E-state index contributed by atoms with van der Waals surface area (Å²) in [6.07, 6.45) is 2.30. The molecule has 2 atom stereocenters. The second-order valence-corrected chi connectivity index (χ2v) is 5.10. The van der Waals surface area contributed by atoms with Crippen LogP contribution in [0.25, 0.3) is 0 Å². The lowest BCUT2D eigenvalue weighted by molar-refractivity contribution is 0.0389. The predicted molar refractivity (Wildman–Crippen MR) is 79.5 cm³/mol. The molecule has 2 unspecified atom stereocenters. The van der Waals surface area contributed by atoms with Crippen molar-refractivity contribution in [2.45, 2.75) is 25.8 Å². The molecule has 0 bridgehead atoms. The molecule has 112 valence electrons. The van der Waals surface area contributed by atoms with Crippen LogP contribution < -0.4 is 14.8 Å². The highest BCUT2D eigenvalue weighted by Gasteiger charge is 2.28. The first kappa shape index (κ1) is 15.1. The average Bonchev–Trinajstić information content (AvgIpc) is 2.52. The van der Waals surface area contributed by atoms with E-state index in [-0.39, 0.29) is 6.04 Å². The zero-order chi connectivity index (χ0) is 14.4. The molecule has 20 heavy (non-hydrogen) atoms. The van der Waals surface area contributed by atoms with Crippen molar-refractivity contribution >= 4 is 0 Å². The van der Waals surface area contributed by atoms with Gasteiger partial charge in [-0.15, -0.1) is 0 Å². The van der Waals surface area contributed by atoms with Gasteiger partial charge in [-0.25, -0.2) is 0 Å². The molecule has 0 amide bonds. The third kappa shape index (κ3) is 3.25. The van der Waals surface area contributed by atoms with Gasteiger partial charge in [0.15, 0.2) is 11.5 Å². The van der Waals surface area contributed by atoms with Gasteiger partial charge in [-0.05, 0) is 25.5 Å². The SMILES string of the molecule is CCNC(c1cccc(OC)c1OC)C1CCCOC1. The number of methoxy groups -OCH3 is 2. The predicted octanol–water partition coefficient (Wildman–Crippen LogP) is 2.78. The summed E-state index contributed by atoms with van der Waals surface area (Å²) in [6, 6.07) is 6.31. The van der Waals surface area contributed by atoms with Gasteiger partial charge < -0.3 is 19.5 Å². The van der Waals surface area contributed by atoms with E-state index in [9.17, 15) is 0 Å². The number of hydrogen-bond acceptors (Lipinski definition) is 4. The first-order chi connectivity index (χ1) is 9.81. The number of nitrogens with one attached hydrogen (secondary N) is 1. The van der Waals surface area contributed by atoms with E-state index in [2.05, 4.69) is 18.3 Å². The zero-order valence-corrected chi connectivity index (χ0v) is 12.6. The van der Waals surface area contributed by atoms with Crippen molar-refractivity contribution in [2.24, 2.45) is 5.92 Å². The molecule has 0 radical (unpaired) electrons. The van der Waals surface area contributed by atoms with Gasteiger partial charge in [-0.2, -0.15) is 0 Å². The van der Waals surface area contributed by atoms with Crippen molar-refractivity contribution in [3.8, 4) is 11.5 Å². The normalized spacial score (nSPS) is 20.4. The van der Waals surface area contributed by atoms with Crippen LogP contribution in [0.4, 0.5) is 0 Å². The standard InChI is InChI=1S/C16H25NO3/c1-4-17-15(12-7-6-10-20-11-12)13-8-5-9-14(18-2)16(13)19-3/h5,8-9,12,15,17H,4,6-7,10-11H2,1-3H3. The summed E-state index contributed by atoms with van der Waals surface area (Å²) in [7, 11) is 3.37. The molecule has 2 rings (SSSR count). The van der Waals surface area contributed by atoms with Crippen LogP contribution in [0.1, 0.15) is 31.4 Å². The lowest BCUT2D eigenvalue weighted by atomic mass is 9.88. The summed E-state index contributed by atoms with van der Waals surface area (Å²) in [4.78, 5) is 0. The smallest absolute Gasteiger partial charge is 0.165 e. The van der Waals surface area contributed by atoms with Gasteiger partial charge >= 0.3 is 0 Å². The molecule has 1 heterocycles. The molecule has 1 saturated heterocycles. The quantitative estimate of drug-likeness (QED) is 0.869. The molecule has 1 aromatic rings. The van der Waals surface area contributed by atoms with Crippen LogP contribution >= 0.6 is 0 Å². The Kier molecular flexibility index (Phi) is 5.68. The largest absolute Gasteiger partial charge is 0.493 e. The number of benzene rings is 1. The van der Waals surface area contributed by atoms with Crippen LogP contribution in [-0.2, 0) is 4.74 Å². The summed E-state index contributed by atoms with van der Waals surface area (Å²) in [6.45, 7) is 4.73. The fraction of sp³-hybridized carbons (Fsp3) is 0.625. The molecule has 1 aliphatic heterocycles. The Morgan fingerprint density at radius 2 is 2.20 bits per heavy atom. The highest BCUT2D eigenvalue weighted by Crippen LogP contribution is 2.39. The second kappa shape index (κ2) is 7.50. The molecule has 1 fully saturated rings. The van der Waals surface area contributed by atoms with Crippen molar-refractivity contribution in [3.05, 3.63) is 23.8 Å². The zero-order valence-electron chi connectivity index (χ0n) is 12.6. The Hall–Kier alpha value is -1.26. The van der Waals surface area contributed by atoms with Gasteiger partial charge in [0.1, 0.15) is 0 Å². The second-order valence-electron chi connectivity index (χ2n) is 5.10. The minimum Gasteiger partial charge on any atom is -0.493 e. The van der Waals surface area contributed by atoms with Crippen LogP contribution in [0.2, 0.25) is 0 Å². The number of hydrogen-bond donors (Lipinski definition) is 1. The third-order valence-electron chi connectivity index (χ3n) is 3.86. The molecule has 1 aliphatic rings. The fourth-order valence-electron chi connectivity index (χ4n) is 2.94. The van der Waals surface area contributed by atoms with E-state index in [1.807, 2.05) is 12.1 Å². The lowest BCUT2D eigenvalue weighted by Gasteiger charge is -2.32. The Balaban J connectivity index is 2.32. The Morgan fingerprint density at radius 1 is 1.35 bits per heavy atom. The van der Waals surface area contributed by atoms with Crippen LogP contribution in [0.5, 0.6) is 11.5 Å². The summed E-state index contributed by atoms with van der Waals surface area (Å²) in [5, 5.41) is 3.58. The summed E-state index contributed by atoms with van der Waals surface area (Å²) in [5.41, 5.74) is 1.16. The van der Waals surface area contributed by atoms with Gasteiger partial charge in [0.05, 0.1) is 20.8 Å². The fourth-order valence-corrected chi connectivity index (χ4v) is 2.94. The van der Waals surface area contributed by atoms with E-state index in [1.165, 1.54) is 6.42 Å². The maximum absolute atomic E-state index is 5.65. The number of ether oxygens (including phenoxy) is 3. The molecule has 0 saturated carbocycles. The molecule has 1 aromatic carbocycles. The lowest BCUT2D eigenvalue weighted by Crippen LogP contribution is -2.33. The highest BCUT2D eigenvalue weighted by atomic mass is 16.5. The molecule has 1 N–H and O–H groups in total. The molecular weight excluding hydrogens is 254 g/mol. The van der Waals surface area contributed by atoms with Gasteiger partial charge in [-0.3, -0.25) is 0 Å². The van der Waals surface area contributed by atoms with Crippen molar-refractivity contribution in [1.29, 1.82) is 0 Å². The molecule has 0 aliphatic carbocycles. The van der Waals surface area contributed by atoms with Crippen LogP contribution in [0, 0.1) is 5.92 Å². The topological polar surface area (TPSA) is 39.7 Å². The maximum Gasteiger partial charge on any atom is 0.165 e. The molecule has 4 heteroatoms. The summed E-state index contributed by atoms with van der Waals surface area (Å²) < 4.78 is 16.6. The monoisotopic (exact) mass is 279 g/mol. The molecular formula is C16H25NO3. The summed E-state index contributed by atoms with van der Waals surface area (Å²) >= 11 is 0. The first-order valence-corrected chi connectivity index (χ1v) is 7.33. The van der Waals surface area contributed by atoms with Crippen molar-refractivity contribution in [2.75, 3.05) is 34.0 Å². The third-order valence-corrected chi connectivity index (χ3v) is 3.86. The van der Waals surface area contributed by atoms with Gasteiger partial charge in [0, 0.05) is 24.1 Å². The average molecular weight is 279 g/mol. The van der Waals surface area contributed by atoms with Crippen LogP contribution in [0.3, 0.4) is 0 Å². The molecule has 0 spiro atoms. The Morgan fingerprint density at radius 3 is 2.80 bits per heavy atom. The number of rotatable bonds is 6. The van der Waals surface area contributed by atoms with Crippen LogP contribution in [0.15, 0.2) is 18.2 Å². The van der Waals surface area contributed by atoms with Crippen LogP contribution in [-0.4, -0.2) is 34.0 Å².